The van der Waals surface area contributed by atoms with Crippen LogP contribution in [0, 0.1) is 5.92 Å². The second kappa shape index (κ2) is 1.83. The molecule has 0 radical (unpaired) electrons. The Morgan fingerprint density at radius 2 is 2.14 bits per heavy atom. The van der Waals surface area contributed by atoms with Crippen LogP contribution >= 0.6 is 0 Å². The molecular weight excluding hydrogens is 86.1 g/mol. The number of quaternary nitrogens is 1. The van der Waals surface area contributed by atoms with E-state index in [0.717, 1.165) is 5.92 Å². The molecule has 0 aliphatic heterocycles. The Kier molecular flexibility index (Phi) is 1.33. The Hall–Kier alpha value is -0.0400. The van der Waals surface area contributed by atoms with Gasteiger partial charge in [0.25, 0.3) is 0 Å². The highest BCUT2D eigenvalue weighted by atomic mass is 14.6. The molecule has 0 bridgehead atoms. The zero-order valence-electron chi connectivity index (χ0n) is 4.98. The largest absolute Gasteiger partial charge is 0.355 e. The molecule has 1 nitrogen and oxygen atoms in total. The quantitative estimate of drug-likeness (QED) is 0.494. The van der Waals surface area contributed by atoms with Gasteiger partial charge in [-0.25, -0.2) is 0 Å². The van der Waals surface area contributed by atoms with E-state index >= 15 is 0 Å². The Balaban J connectivity index is 2.14. The second-order valence-electron chi connectivity index (χ2n) is 2.67. The van der Waals surface area contributed by atoms with Gasteiger partial charge in [-0.1, -0.05) is 6.42 Å². The Bertz CT molecular complexity index is 55.2. The highest BCUT2D eigenvalue weighted by molar-refractivity contribution is 4.72. The topological polar surface area (TPSA) is 27.6 Å². The van der Waals surface area contributed by atoms with Crippen LogP contribution in [0.3, 0.4) is 0 Å². The average Bonchev–Trinajstić information content (AvgIpc) is 1.23. The van der Waals surface area contributed by atoms with Crippen LogP contribution in [0.4, 0.5) is 0 Å². The van der Waals surface area contributed by atoms with Crippen molar-refractivity contribution >= 4 is 0 Å². The summed E-state index contributed by atoms with van der Waals surface area (Å²) in [6, 6.07) is 0.703. The van der Waals surface area contributed by atoms with Gasteiger partial charge in [0.1, 0.15) is 0 Å². The van der Waals surface area contributed by atoms with Gasteiger partial charge in [0.15, 0.2) is 0 Å². The van der Waals surface area contributed by atoms with E-state index in [9.17, 15) is 0 Å². The van der Waals surface area contributed by atoms with E-state index in [1.165, 1.54) is 19.3 Å². The standard InChI is InChI=1S/C6H13N/c1-5(7)6-3-2-4-6/h5-6H,2-4,7H2,1H3/p+1. The predicted molar refractivity (Wildman–Crippen MR) is 29.7 cm³/mol. The molecule has 0 amide bonds. The van der Waals surface area contributed by atoms with Crippen LogP contribution in [0.25, 0.3) is 0 Å². The van der Waals surface area contributed by atoms with Gasteiger partial charge in [0.05, 0.1) is 6.04 Å². The van der Waals surface area contributed by atoms with Crippen LogP contribution < -0.4 is 5.73 Å². The molecule has 0 saturated heterocycles. The van der Waals surface area contributed by atoms with E-state index in [4.69, 9.17) is 0 Å². The minimum absolute atomic E-state index is 0.703. The number of hydrogen-bond donors (Lipinski definition) is 1. The highest BCUT2D eigenvalue weighted by Crippen LogP contribution is 2.27. The molecule has 1 fully saturated rings. The molecule has 1 atom stereocenters. The SMILES string of the molecule is CC([NH3+])C1CCC1. The first-order valence-corrected chi connectivity index (χ1v) is 3.14. The lowest BCUT2D eigenvalue weighted by molar-refractivity contribution is -0.431. The Labute approximate surface area is 44.9 Å². The molecule has 1 aliphatic rings. The van der Waals surface area contributed by atoms with Crippen molar-refractivity contribution in [3.8, 4) is 0 Å². The minimum atomic E-state index is 0.703. The van der Waals surface area contributed by atoms with Gasteiger partial charge < -0.3 is 5.73 Å². The molecule has 0 aromatic carbocycles. The van der Waals surface area contributed by atoms with Gasteiger partial charge >= 0.3 is 0 Å². The maximum Gasteiger partial charge on any atom is 0.0843 e. The minimum Gasteiger partial charge on any atom is -0.355 e. The van der Waals surface area contributed by atoms with Crippen LogP contribution in [0.15, 0.2) is 0 Å². The van der Waals surface area contributed by atoms with Crippen LogP contribution in [0.2, 0.25) is 0 Å². The maximum atomic E-state index is 3.96. The van der Waals surface area contributed by atoms with Crippen molar-refractivity contribution in [2.45, 2.75) is 32.2 Å². The van der Waals surface area contributed by atoms with E-state index in [1.54, 1.807) is 0 Å². The molecule has 0 aromatic rings. The van der Waals surface area contributed by atoms with Crippen molar-refractivity contribution in [1.82, 2.24) is 0 Å². The van der Waals surface area contributed by atoms with Crippen LogP contribution in [0.1, 0.15) is 26.2 Å². The zero-order chi connectivity index (χ0) is 5.28. The lowest BCUT2D eigenvalue weighted by Crippen LogP contribution is -2.63. The Morgan fingerprint density at radius 3 is 2.14 bits per heavy atom. The van der Waals surface area contributed by atoms with Crippen LogP contribution in [-0.4, -0.2) is 6.04 Å². The monoisotopic (exact) mass is 100 g/mol. The molecule has 0 spiro atoms. The fourth-order valence-corrected chi connectivity index (χ4v) is 1.01. The van der Waals surface area contributed by atoms with Crippen molar-refractivity contribution in [3.63, 3.8) is 0 Å². The fraction of sp³-hybridized carbons (Fsp3) is 1.00. The number of hydrogen-bond acceptors (Lipinski definition) is 0. The molecule has 7 heavy (non-hydrogen) atoms. The van der Waals surface area contributed by atoms with Gasteiger partial charge in [-0.3, -0.25) is 0 Å². The molecule has 3 N–H and O–H groups in total. The zero-order valence-corrected chi connectivity index (χ0v) is 4.98. The van der Waals surface area contributed by atoms with Gasteiger partial charge in [0, 0.05) is 5.92 Å². The van der Waals surface area contributed by atoms with Gasteiger partial charge in [0.2, 0.25) is 0 Å². The summed E-state index contributed by atoms with van der Waals surface area (Å²) in [5.74, 6) is 0.972. The summed E-state index contributed by atoms with van der Waals surface area (Å²) in [6.45, 7) is 2.21. The molecule has 1 saturated carbocycles. The highest BCUT2D eigenvalue weighted by Gasteiger charge is 2.22. The normalized spacial score (nSPS) is 26.6. The summed E-state index contributed by atoms with van der Waals surface area (Å²) in [4.78, 5) is 0. The van der Waals surface area contributed by atoms with E-state index in [0.29, 0.717) is 6.04 Å². The predicted octanol–water partition coefficient (Wildman–Crippen LogP) is 0.417. The average molecular weight is 100 g/mol. The van der Waals surface area contributed by atoms with Crippen molar-refractivity contribution in [3.05, 3.63) is 0 Å². The second-order valence-corrected chi connectivity index (χ2v) is 2.67. The van der Waals surface area contributed by atoms with E-state index in [1.807, 2.05) is 0 Å². The van der Waals surface area contributed by atoms with Crippen molar-refractivity contribution in [2.24, 2.45) is 5.92 Å². The smallest absolute Gasteiger partial charge is 0.0843 e. The van der Waals surface area contributed by atoms with E-state index in [-0.39, 0.29) is 0 Å². The van der Waals surface area contributed by atoms with E-state index in [2.05, 4.69) is 12.7 Å². The molecule has 1 aliphatic carbocycles. The summed E-state index contributed by atoms with van der Waals surface area (Å²) in [5, 5.41) is 0. The van der Waals surface area contributed by atoms with Crippen molar-refractivity contribution in [1.29, 1.82) is 0 Å². The van der Waals surface area contributed by atoms with Crippen LogP contribution in [-0.2, 0) is 0 Å². The molecule has 0 heterocycles. The lowest BCUT2D eigenvalue weighted by Gasteiger charge is -2.25. The first-order chi connectivity index (χ1) is 3.30. The molecular formula is C6H14N+. The fourth-order valence-electron chi connectivity index (χ4n) is 1.01. The lowest BCUT2D eigenvalue weighted by atomic mass is 9.81. The van der Waals surface area contributed by atoms with Gasteiger partial charge in [-0.05, 0) is 19.8 Å². The molecule has 0 aromatic heterocycles. The third-order valence-electron chi connectivity index (χ3n) is 1.95. The molecule has 1 heteroatoms. The first kappa shape index (κ1) is 5.10. The van der Waals surface area contributed by atoms with Gasteiger partial charge in [-0.15, -0.1) is 0 Å². The summed E-state index contributed by atoms with van der Waals surface area (Å²) < 4.78 is 0. The molecule has 42 valence electrons. The van der Waals surface area contributed by atoms with E-state index < -0.39 is 0 Å². The van der Waals surface area contributed by atoms with Crippen molar-refractivity contribution < 1.29 is 5.73 Å². The summed E-state index contributed by atoms with van der Waals surface area (Å²) in [6.07, 6.45) is 4.32. The maximum absolute atomic E-state index is 3.96. The van der Waals surface area contributed by atoms with Gasteiger partial charge in [-0.2, -0.15) is 0 Å². The third-order valence-corrected chi connectivity index (χ3v) is 1.95. The molecule has 1 rings (SSSR count). The van der Waals surface area contributed by atoms with Crippen LogP contribution in [0.5, 0.6) is 0 Å². The van der Waals surface area contributed by atoms with Crippen molar-refractivity contribution in [2.75, 3.05) is 0 Å². The third kappa shape index (κ3) is 0.942. The first-order valence-electron chi connectivity index (χ1n) is 3.14. The summed E-state index contributed by atoms with van der Waals surface area (Å²) in [5.41, 5.74) is 3.96. The Morgan fingerprint density at radius 1 is 1.57 bits per heavy atom. The number of rotatable bonds is 1. The summed E-state index contributed by atoms with van der Waals surface area (Å²) in [7, 11) is 0. The summed E-state index contributed by atoms with van der Waals surface area (Å²) >= 11 is 0. The molecule has 1 unspecified atom stereocenters.